The van der Waals surface area contributed by atoms with Crippen molar-refractivity contribution < 1.29 is 4.74 Å². The van der Waals surface area contributed by atoms with E-state index in [1.807, 2.05) is 6.07 Å². The predicted octanol–water partition coefficient (Wildman–Crippen LogP) is 6.54. The molecule has 0 amide bonds. The number of ether oxygens (including phenoxy) is 1. The van der Waals surface area contributed by atoms with Crippen molar-refractivity contribution in [1.82, 2.24) is 0 Å². The van der Waals surface area contributed by atoms with Crippen molar-refractivity contribution in [2.45, 2.75) is 59.0 Å². The lowest BCUT2D eigenvalue weighted by Gasteiger charge is -2.27. The Morgan fingerprint density at radius 1 is 0.913 bits per heavy atom. The van der Waals surface area contributed by atoms with E-state index in [-0.39, 0.29) is 5.60 Å². The van der Waals surface area contributed by atoms with Gasteiger partial charge >= 0.3 is 0 Å². The van der Waals surface area contributed by atoms with E-state index >= 15 is 0 Å². The Kier molecular flexibility index (Phi) is 5.87. The number of hydrogen-bond donors (Lipinski definition) is 0. The number of benzene rings is 2. The number of hydrogen-bond acceptors (Lipinski definition) is 1. The fourth-order valence-electron chi connectivity index (χ4n) is 3.11. The third-order valence-electron chi connectivity index (χ3n) is 4.44. The van der Waals surface area contributed by atoms with Gasteiger partial charge in [-0.3, -0.25) is 0 Å². The smallest absolute Gasteiger partial charge is 0.128 e. The Bertz CT molecular complexity index is 581. The molecule has 1 heteroatoms. The normalized spacial score (nSPS) is 13.1. The van der Waals surface area contributed by atoms with Gasteiger partial charge in [0.25, 0.3) is 0 Å². The van der Waals surface area contributed by atoms with Crippen LogP contribution in [0.1, 0.15) is 64.5 Å². The zero-order valence-electron chi connectivity index (χ0n) is 15.2. The van der Waals surface area contributed by atoms with Crippen LogP contribution in [0.15, 0.2) is 54.6 Å². The molecule has 1 nitrogen and oxygen atoms in total. The molecule has 0 spiro atoms. The highest BCUT2D eigenvalue weighted by Gasteiger charge is 2.22. The molecule has 1 atom stereocenters. The van der Waals surface area contributed by atoms with Crippen LogP contribution in [0.4, 0.5) is 0 Å². The van der Waals surface area contributed by atoms with Crippen LogP contribution >= 0.6 is 0 Å². The van der Waals surface area contributed by atoms with Crippen molar-refractivity contribution in [3.63, 3.8) is 0 Å². The van der Waals surface area contributed by atoms with Gasteiger partial charge in [0.2, 0.25) is 0 Å². The van der Waals surface area contributed by atoms with Crippen LogP contribution in [0.25, 0.3) is 0 Å². The molecule has 2 rings (SSSR count). The summed E-state index contributed by atoms with van der Waals surface area (Å²) in [5, 5.41) is 0. The first-order chi connectivity index (χ1) is 10.9. The summed E-state index contributed by atoms with van der Waals surface area (Å²) in [5.74, 6) is 2.31. The summed E-state index contributed by atoms with van der Waals surface area (Å²) in [6, 6.07) is 19.1. The first kappa shape index (κ1) is 17.6. The molecular formula is C22H30O. The fourth-order valence-corrected chi connectivity index (χ4v) is 3.11. The van der Waals surface area contributed by atoms with E-state index in [9.17, 15) is 0 Å². The quantitative estimate of drug-likeness (QED) is 0.564. The van der Waals surface area contributed by atoms with Crippen molar-refractivity contribution in [1.29, 1.82) is 0 Å². The Hall–Kier alpha value is -1.76. The molecule has 23 heavy (non-hydrogen) atoms. The van der Waals surface area contributed by atoms with Gasteiger partial charge in [-0.15, -0.1) is 0 Å². The molecule has 0 N–H and O–H groups in total. The van der Waals surface area contributed by atoms with E-state index in [1.54, 1.807) is 0 Å². The Balaban J connectivity index is 2.10. The average Bonchev–Trinajstić information content (AvgIpc) is 2.54. The van der Waals surface area contributed by atoms with Crippen LogP contribution in [-0.4, -0.2) is 0 Å². The van der Waals surface area contributed by atoms with Gasteiger partial charge in [0.15, 0.2) is 0 Å². The van der Waals surface area contributed by atoms with Gasteiger partial charge in [-0.1, -0.05) is 63.2 Å². The van der Waals surface area contributed by atoms with Crippen LogP contribution in [0, 0.1) is 5.92 Å². The molecule has 0 aliphatic rings. The highest BCUT2D eigenvalue weighted by Crippen LogP contribution is 2.31. The van der Waals surface area contributed by atoms with E-state index in [1.165, 1.54) is 24.0 Å². The maximum absolute atomic E-state index is 6.24. The fraction of sp³-hybridized carbons (Fsp3) is 0.455. The lowest BCUT2D eigenvalue weighted by atomic mass is 9.88. The highest BCUT2D eigenvalue weighted by molar-refractivity contribution is 5.31. The SMILES string of the molecule is CCC(CC(C)C)c1ccc(OC(C)(C)c2ccccc2)cc1. The van der Waals surface area contributed by atoms with Crippen LogP contribution < -0.4 is 4.74 Å². The van der Waals surface area contributed by atoms with Crippen LogP contribution in [-0.2, 0) is 5.60 Å². The molecule has 2 aromatic rings. The molecule has 0 saturated carbocycles. The Morgan fingerprint density at radius 3 is 2.04 bits per heavy atom. The lowest BCUT2D eigenvalue weighted by Crippen LogP contribution is -2.25. The van der Waals surface area contributed by atoms with Crippen LogP contribution in [0.2, 0.25) is 0 Å². The topological polar surface area (TPSA) is 9.23 Å². The third kappa shape index (κ3) is 4.86. The van der Waals surface area contributed by atoms with Gasteiger partial charge < -0.3 is 4.74 Å². The first-order valence-electron chi connectivity index (χ1n) is 8.77. The minimum Gasteiger partial charge on any atom is -0.483 e. The highest BCUT2D eigenvalue weighted by atomic mass is 16.5. The van der Waals surface area contributed by atoms with E-state index < -0.39 is 0 Å². The second-order valence-corrected chi connectivity index (χ2v) is 7.28. The van der Waals surface area contributed by atoms with Gasteiger partial charge in [0.1, 0.15) is 11.4 Å². The zero-order chi connectivity index (χ0) is 16.9. The summed E-state index contributed by atoms with van der Waals surface area (Å²) in [5.41, 5.74) is 2.28. The summed E-state index contributed by atoms with van der Waals surface area (Å²) in [6.07, 6.45) is 2.43. The van der Waals surface area contributed by atoms with E-state index in [4.69, 9.17) is 4.74 Å². The van der Waals surface area contributed by atoms with Gasteiger partial charge in [0, 0.05) is 0 Å². The molecule has 0 aliphatic carbocycles. The zero-order valence-corrected chi connectivity index (χ0v) is 15.2. The first-order valence-corrected chi connectivity index (χ1v) is 8.77. The molecule has 0 fully saturated rings. The molecule has 0 saturated heterocycles. The van der Waals surface area contributed by atoms with E-state index in [0.29, 0.717) is 5.92 Å². The second kappa shape index (κ2) is 7.68. The molecule has 0 aliphatic heterocycles. The van der Waals surface area contributed by atoms with E-state index in [0.717, 1.165) is 11.7 Å². The molecule has 0 heterocycles. The molecule has 1 unspecified atom stereocenters. The maximum atomic E-state index is 6.24. The van der Waals surface area contributed by atoms with Crippen molar-refractivity contribution in [2.75, 3.05) is 0 Å². The standard InChI is InChI=1S/C22H30O/c1-6-18(16-17(2)3)19-12-14-21(15-13-19)23-22(4,5)20-10-8-7-9-11-20/h7-15,17-18H,6,16H2,1-5H3. The summed E-state index contributed by atoms with van der Waals surface area (Å²) in [6.45, 7) is 11.1. The second-order valence-electron chi connectivity index (χ2n) is 7.28. The maximum Gasteiger partial charge on any atom is 0.128 e. The average molecular weight is 310 g/mol. The van der Waals surface area contributed by atoms with Crippen LogP contribution in [0.5, 0.6) is 5.75 Å². The minimum absolute atomic E-state index is 0.329. The third-order valence-corrected chi connectivity index (χ3v) is 4.44. The Morgan fingerprint density at radius 2 is 1.52 bits per heavy atom. The summed E-state index contributed by atoms with van der Waals surface area (Å²) in [4.78, 5) is 0. The predicted molar refractivity (Wildman–Crippen MR) is 99.0 cm³/mol. The molecular weight excluding hydrogens is 280 g/mol. The van der Waals surface area contributed by atoms with Crippen molar-refractivity contribution >= 4 is 0 Å². The van der Waals surface area contributed by atoms with Gasteiger partial charge in [-0.25, -0.2) is 0 Å². The minimum atomic E-state index is -0.329. The molecule has 0 bridgehead atoms. The number of rotatable bonds is 7. The largest absolute Gasteiger partial charge is 0.483 e. The molecule has 0 aromatic heterocycles. The molecule has 2 aromatic carbocycles. The van der Waals surface area contributed by atoms with E-state index in [2.05, 4.69) is 83.1 Å². The Labute approximate surface area is 141 Å². The van der Waals surface area contributed by atoms with Gasteiger partial charge in [0.05, 0.1) is 0 Å². The van der Waals surface area contributed by atoms with Crippen molar-refractivity contribution in [3.8, 4) is 5.75 Å². The molecule has 124 valence electrons. The van der Waals surface area contributed by atoms with Crippen molar-refractivity contribution in [2.24, 2.45) is 5.92 Å². The summed E-state index contributed by atoms with van der Waals surface area (Å²) in [7, 11) is 0. The van der Waals surface area contributed by atoms with Gasteiger partial charge in [-0.2, -0.15) is 0 Å². The van der Waals surface area contributed by atoms with Gasteiger partial charge in [-0.05, 0) is 61.8 Å². The van der Waals surface area contributed by atoms with Crippen LogP contribution in [0.3, 0.4) is 0 Å². The molecule has 0 radical (unpaired) electrons. The monoisotopic (exact) mass is 310 g/mol. The van der Waals surface area contributed by atoms with Crippen molar-refractivity contribution in [3.05, 3.63) is 65.7 Å². The summed E-state index contributed by atoms with van der Waals surface area (Å²) < 4.78 is 6.24. The lowest BCUT2D eigenvalue weighted by molar-refractivity contribution is 0.109. The summed E-state index contributed by atoms with van der Waals surface area (Å²) >= 11 is 0.